The first-order chi connectivity index (χ1) is 8.11. The molecule has 0 aliphatic heterocycles. The average molecular weight is 238 g/mol. The number of nitrogens with two attached hydrogens (primary N) is 1. The van der Waals surface area contributed by atoms with Gasteiger partial charge in [0.05, 0.1) is 5.69 Å². The topological polar surface area (TPSA) is 29.3 Å². The molecule has 0 unspecified atom stereocenters. The second-order valence-corrected chi connectivity index (χ2v) is 4.40. The van der Waals surface area contributed by atoms with Crippen LogP contribution in [0.1, 0.15) is 45.2 Å². The van der Waals surface area contributed by atoms with Gasteiger partial charge in [0, 0.05) is 19.1 Å². The van der Waals surface area contributed by atoms with Crippen LogP contribution >= 0.6 is 0 Å². The fourth-order valence-electron chi connectivity index (χ4n) is 2.01. The second kappa shape index (κ2) is 6.60. The van der Waals surface area contributed by atoms with Gasteiger partial charge in [0.15, 0.2) is 0 Å². The van der Waals surface area contributed by atoms with Gasteiger partial charge < -0.3 is 10.6 Å². The molecule has 0 fully saturated rings. The molecule has 0 saturated heterocycles. The zero-order valence-corrected chi connectivity index (χ0v) is 11.0. The molecule has 2 nitrogen and oxygen atoms in total. The van der Waals surface area contributed by atoms with Crippen LogP contribution in [0.5, 0.6) is 0 Å². The number of halogens is 1. The largest absolute Gasteiger partial charge is 0.369 e. The molecule has 0 amide bonds. The van der Waals surface area contributed by atoms with E-state index >= 15 is 0 Å². The van der Waals surface area contributed by atoms with Crippen LogP contribution in [0.2, 0.25) is 0 Å². The van der Waals surface area contributed by atoms with E-state index in [0.717, 1.165) is 31.5 Å². The number of benzene rings is 1. The molecule has 0 saturated carbocycles. The molecule has 0 bridgehead atoms. The van der Waals surface area contributed by atoms with Gasteiger partial charge in [-0.3, -0.25) is 0 Å². The molecule has 17 heavy (non-hydrogen) atoms. The summed E-state index contributed by atoms with van der Waals surface area (Å²) in [7, 11) is 0. The van der Waals surface area contributed by atoms with Crippen molar-refractivity contribution in [3.8, 4) is 0 Å². The fraction of sp³-hybridized carbons (Fsp3) is 0.571. The van der Waals surface area contributed by atoms with Gasteiger partial charge in [-0.15, -0.1) is 0 Å². The number of nitrogens with zero attached hydrogens (tertiary/aromatic N) is 1. The summed E-state index contributed by atoms with van der Waals surface area (Å²) < 4.78 is 14.0. The highest BCUT2D eigenvalue weighted by Gasteiger charge is 2.16. The zero-order valence-electron chi connectivity index (χ0n) is 11.0. The van der Waals surface area contributed by atoms with Gasteiger partial charge in [0.2, 0.25) is 0 Å². The van der Waals surface area contributed by atoms with E-state index in [0.29, 0.717) is 5.69 Å². The highest BCUT2D eigenvalue weighted by Crippen LogP contribution is 2.28. The van der Waals surface area contributed by atoms with E-state index in [1.165, 1.54) is 6.07 Å². The molecule has 0 aliphatic carbocycles. The Labute approximate surface area is 104 Å². The minimum atomic E-state index is -0.169. The van der Waals surface area contributed by atoms with E-state index in [4.69, 9.17) is 5.73 Å². The van der Waals surface area contributed by atoms with E-state index in [1.807, 2.05) is 19.9 Å². The van der Waals surface area contributed by atoms with Crippen LogP contribution < -0.4 is 10.6 Å². The summed E-state index contributed by atoms with van der Waals surface area (Å²) in [4.78, 5) is 2.08. The standard InChI is InChI=1S/C14H23FN2/c1-4-6-10-17(5-2)14-12(11(3)16)8-7-9-13(14)15/h7-9,11H,4-6,10,16H2,1-3H3/t11-/m1/s1. The number of rotatable bonds is 6. The second-order valence-electron chi connectivity index (χ2n) is 4.40. The summed E-state index contributed by atoms with van der Waals surface area (Å²) in [5.74, 6) is -0.169. The molecule has 0 radical (unpaired) electrons. The third kappa shape index (κ3) is 3.43. The fourth-order valence-corrected chi connectivity index (χ4v) is 2.01. The molecule has 0 heterocycles. The van der Waals surface area contributed by atoms with Gasteiger partial charge in [0.1, 0.15) is 5.82 Å². The monoisotopic (exact) mass is 238 g/mol. The van der Waals surface area contributed by atoms with Crippen LogP contribution in [0.25, 0.3) is 0 Å². The molecule has 2 N–H and O–H groups in total. The average Bonchev–Trinajstić information content (AvgIpc) is 2.31. The lowest BCUT2D eigenvalue weighted by Crippen LogP contribution is -2.27. The SMILES string of the molecule is CCCCN(CC)c1c(F)cccc1[C@@H](C)N. The summed E-state index contributed by atoms with van der Waals surface area (Å²) >= 11 is 0. The van der Waals surface area contributed by atoms with Crippen molar-refractivity contribution in [3.05, 3.63) is 29.6 Å². The van der Waals surface area contributed by atoms with Gasteiger partial charge >= 0.3 is 0 Å². The van der Waals surface area contributed by atoms with Gasteiger partial charge in [-0.1, -0.05) is 25.5 Å². The molecular weight excluding hydrogens is 215 g/mol. The quantitative estimate of drug-likeness (QED) is 0.822. The van der Waals surface area contributed by atoms with E-state index in [-0.39, 0.29) is 11.9 Å². The Hall–Kier alpha value is -1.09. The third-order valence-electron chi connectivity index (χ3n) is 2.99. The first-order valence-electron chi connectivity index (χ1n) is 6.40. The van der Waals surface area contributed by atoms with E-state index in [2.05, 4.69) is 11.8 Å². The van der Waals surface area contributed by atoms with Crippen molar-refractivity contribution in [1.29, 1.82) is 0 Å². The van der Waals surface area contributed by atoms with E-state index < -0.39 is 0 Å². The van der Waals surface area contributed by atoms with Crippen LogP contribution in [0, 0.1) is 5.82 Å². The van der Waals surface area contributed by atoms with Crippen LogP contribution in [0.3, 0.4) is 0 Å². The minimum Gasteiger partial charge on any atom is -0.369 e. The highest BCUT2D eigenvalue weighted by atomic mass is 19.1. The van der Waals surface area contributed by atoms with E-state index in [1.54, 1.807) is 6.07 Å². The molecule has 1 aromatic carbocycles. The number of para-hydroxylation sites is 1. The van der Waals surface area contributed by atoms with Crippen LogP contribution in [-0.4, -0.2) is 13.1 Å². The van der Waals surface area contributed by atoms with Gasteiger partial charge in [-0.2, -0.15) is 0 Å². The Morgan fingerprint density at radius 2 is 2.06 bits per heavy atom. The molecule has 1 rings (SSSR count). The Morgan fingerprint density at radius 3 is 2.59 bits per heavy atom. The first kappa shape index (κ1) is 14.0. The van der Waals surface area contributed by atoms with Crippen molar-refractivity contribution in [1.82, 2.24) is 0 Å². The maximum atomic E-state index is 14.0. The molecule has 0 aromatic heterocycles. The molecular formula is C14H23FN2. The zero-order chi connectivity index (χ0) is 12.8. The molecule has 3 heteroatoms. The number of hydrogen-bond donors (Lipinski definition) is 1. The Morgan fingerprint density at radius 1 is 1.35 bits per heavy atom. The van der Waals surface area contributed by atoms with Crippen LogP contribution in [0.4, 0.5) is 10.1 Å². The van der Waals surface area contributed by atoms with Crippen molar-refractivity contribution >= 4 is 5.69 Å². The summed E-state index contributed by atoms with van der Waals surface area (Å²) in [6, 6.07) is 5.01. The van der Waals surface area contributed by atoms with Crippen LogP contribution in [0.15, 0.2) is 18.2 Å². The summed E-state index contributed by atoms with van der Waals surface area (Å²) in [5.41, 5.74) is 7.48. The van der Waals surface area contributed by atoms with Crippen molar-refractivity contribution in [3.63, 3.8) is 0 Å². The maximum absolute atomic E-state index is 14.0. The predicted molar refractivity (Wildman–Crippen MR) is 71.8 cm³/mol. The molecule has 0 aliphatic rings. The van der Waals surface area contributed by atoms with Crippen molar-refractivity contribution in [2.24, 2.45) is 5.73 Å². The smallest absolute Gasteiger partial charge is 0.146 e. The summed E-state index contributed by atoms with van der Waals surface area (Å²) in [6.45, 7) is 7.77. The maximum Gasteiger partial charge on any atom is 0.146 e. The Balaban J connectivity index is 3.07. The number of hydrogen-bond acceptors (Lipinski definition) is 2. The normalized spacial score (nSPS) is 12.5. The first-order valence-corrected chi connectivity index (χ1v) is 6.40. The molecule has 96 valence electrons. The lowest BCUT2D eigenvalue weighted by molar-refractivity contribution is 0.607. The van der Waals surface area contributed by atoms with Gasteiger partial charge in [-0.05, 0) is 31.9 Å². The van der Waals surface area contributed by atoms with E-state index in [9.17, 15) is 4.39 Å². The minimum absolute atomic E-state index is 0.142. The number of anilines is 1. The van der Waals surface area contributed by atoms with Crippen LogP contribution in [-0.2, 0) is 0 Å². The third-order valence-corrected chi connectivity index (χ3v) is 2.99. The molecule has 1 atom stereocenters. The predicted octanol–water partition coefficient (Wildman–Crippen LogP) is 3.47. The Bertz CT molecular complexity index is 350. The summed E-state index contributed by atoms with van der Waals surface area (Å²) in [6.07, 6.45) is 2.18. The molecule has 1 aromatic rings. The Kier molecular flexibility index (Phi) is 5.42. The van der Waals surface area contributed by atoms with Crippen molar-refractivity contribution < 1.29 is 4.39 Å². The van der Waals surface area contributed by atoms with Gasteiger partial charge in [0.25, 0.3) is 0 Å². The highest BCUT2D eigenvalue weighted by molar-refractivity contribution is 5.56. The lowest BCUT2D eigenvalue weighted by Gasteiger charge is -2.27. The number of unbranched alkanes of at least 4 members (excludes halogenated alkanes) is 1. The van der Waals surface area contributed by atoms with Crippen molar-refractivity contribution in [2.75, 3.05) is 18.0 Å². The summed E-state index contributed by atoms with van der Waals surface area (Å²) in [5, 5.41) is 0. The van der Waals surface area contributed by atoms with Crippen molar-refractivity contribution in [2.45, 2.75) is 39.7 Å². The molecule has 0 spiro atoms. The lowest BCUT2D eigenvalue weighted by atomic mass is 10.0. The van der Waals surface area contributed by atoms with Gasteiger partial charge in [-0.25, -0.2) is 4.39 Å².